The second-order valence-electron chi connectivity index (χ2n) is 4.46. The zero-order chi connectivity index (χ0) is 14.8. The lowest BCUT2D eigenvalue weighted by Gasteiger charge is -2.07. The first-order valence-electron chi connectivity index (χ1n) is 6.21. The van der Waals surface area contributed by atoms with Crippen LogP contribution in [0.1, 0.15) is 5.56 Å². The third kappa shape index (κ3) is 2.68. The van der Waals surface area contributed by atoms with E-state index in [1.54, 1.807) is 10.9 Å². The zero-order valence-electron chi connectivity index (χ0n) is 11.3. The van der Waals surface area contributed by atoms with Crippen LogP contribution < -0.4 is 5.73 Å². The third-order valence-electron chi connectivity index (χ3n) is 2.98. The first-order valence-corrected chi connectivity index (χ1v) is 7.03. The Kier molecular flexibility index (Phi) is 3.49. The number of oxime groups is 1. The predicted molar refractivity (Wildman–Crippen MR) is 81.6 cm³/mol. The second-order valence-corrected chi connectivity index (χ2v) is 5.56. The smallest absolute Gasteiger partial charge is 0.170 e. The van der Waals surface area contributed by atoms with Gasteiger partial charge in [0.2, 0.25) is 0 Å². The molecule has 0 aliphatic carbocycles. The summed E-state index contributed by atoms with van der Waals surface area (Å²) in [5.41, 5.74) is 7.23. The topological polar surface area (TPSA) is 89.3 Å². The van der Waals surface area contributed by atoms with E-state index in [-0.39, 0.29) is 5.84 Å². The molecule has 0 unspecified atom stereocenters. The van der Waals surface area contributed by atoms with Gasteiger partial charge in [-0.2, -0.15) is 5.10 Å². The van der Waals surface area contributed by atoms with Gasteiger partial charge in [-0.1, -0.05) is 35.1 Å². The van der Waals surface area contributed by atoms with Crippen LogP contribution in [0.2, 0.25) is 0 Å². The van der Waals surface area contributed by atoms with Crippen LogP contribution in [0.3, 0.4) is 0 Å². The molecule has 1 aromatic carbocycles. The molecule has 0 aliphatic rings. The van der Waals surface area contributed by atoms with Crippen molar-refractivity contribution in [3.05, 3.63) is 48.3 Å². The van der Waals surface area contributed by atoms with Gasteiger partial charge in [-0.15, -0.1) is 0 Å². The van der Waals surface area contributed by atoms with Crippen LogP contribution in [0.15, 0.2) is 57.8 Å². The number of nitrogens with zero attached hydrogens (tertiary/aromatic N) is 4. The highest BCUT2D eigenvalue weighted by atomic mass is 32.2. The van der Waals surface area contributed by atoms with Crippen LogP contribution in [0, 0.1) is 0 Å². The summed E-state index contributed by atoms with van der Waals surface area (Å²) in [6, 6.07) is 9.41. The molecule has 7 heteroatoms. The van der Waals surface area contributed by atoms with Gasteiger partial charge in [0.05, 0.1) is 16.6 Å². The fraction of sp³-hybridized carbons (Fsp3) is 0.0714. The molecule has 0 fully saturated rings. The van der Waals surface area contributed by atoms with Gasteiger partial charge >= 0.3 is 0 Å². The number of para-hydroxylation sites is 1. The number of nitrogens with two attached hydrogens (primary N) is 1. The third-order valence-corrected chi connectivity index (χ3v) is 3.84. The maximum atomic E-state index is 8.95. The van der Waals surface area contributed by atoms with Crippen LogP contribution in [-0.2, 0) is 7.05 Å². The first kappa shape index (κ1) is 13.4. The maximum Gasteiger partial charge on any atom is 0.170 e. The molecule has 21 heavy (non-hydrogen) atoms. The summed E-state index contributed by atoms with van der Waals surface area (Å²) in [6.45, 7) is 0. The van der Waals surface area contributed by atoms with Crippen LogP contribution in [0.25, 0.3) is 10.9 Å². The second kappa shape index (κ2) is 5.45. The lowest BCUT2D eigenvalue weighted by molar-refractivity contribution is 0.318. The summed E-state index contributed by atoms with van der Waals surface area (Å²) in [5, 5.41) is 17.8. The van der Waals surface area contributed by atoms with Crippen molar-refractivity contribution in [3.63, 3.8) is 0 Å². The Morgan fingerprint density at radius 1 is 1.38 bits per heavy atom. The van der Waals surface area contributed by atoms with Gasteiger partial charge in [0.15, 0.2) is 5.84 Å². The lowest BCUT2D eigenvalue weighted by atomic mass is 10.1. The molecule has 0 radical (unpaired) electrons. The van der Waals surface area contributed by atoms with Crippen molar-refractivity contribution in [1.29, 1.82) is 0 Å². The molecule has 0 amide bonds. The standard InChI is InChI=1S/C14H13N5OS/c1-19-8-9(7-16-19)21-13-6-11(14(15)18-20)10-4-2-3-5-12(10)17-13/h2-8,20H,1H3,(H2,15,18). The molecule has 0 aliphatic heterocycles. The molecule has 2 heterocycles. The van der Waals surface area contributed by atoms with Crippen molar-refractivity contribution >= 4 is 28.5 Å². The predicted octanol–water partition coefficient (Wildman–Crippen LogP) is 2.21. The molecule has 3 rings (SSSR count). The molecule has 3 N–H and O–H groups in total. The van der Waals surface area contributed by atoms with Gasteiger partial charge < -0.3 is 10.9 Å². The minimum atomic E-state index is 0.0710. The first-order chi connectivity index (χ1) is 10.2. The minimum absolute atomic E-state index is 0.0710. The fourth-order valence-electron chi connectivity index (χ4n) is 2.04. The maximum absolute atomic E-state index is 8.95. The quantitative estimate of drug-likeness (QED) is 0.335. The number of fused-ring (bicyclic) bond motifs is 1. The van der Waals surface area contributed by atoms with Crippen molar-refractivity contribution in [3.8, 4) is 0 Å². The van der Waals surface area contributed by atoms with Gasteiger partial charge in [0.25, 0.3) is 0 Å². The largest absolute Gasteiger partial charge is 0.409 e. The van der Waals surface area contributed by atoms with E-state index in [4.69, 9.17) is 10.9 Å². The lowest BCUT2D eigenvalue weighted by Crippen LogP contribution is -2.14. The van der Waals surface area contributed by atoms with Crippen LogP contribution in [-0.4, -0.2) is 25.8 Å². The molecule has 0 saturated heterocycles. The molecule has 2 aromatic heterocycles. The van der Waals surface area contributed by atoms with Gasteiger partial charge in [0.1, 0.15) is 5.03 Å². The summed E-state index contributed by atoms with van der Waals surface area (Å²) >= 11 is 1.48. The highest BCUT2D eigenvalue weighted by Crippen LogP contribution is 2.29. The summed E-state index contributed by atoms with van der Waals surface area (Å²) in [4.78, 5) is 5.57. The molecular weight excluding hydrogens is 286 g/mol. The minimum Gasteiger partial charge on any atom is -0.409 e. The van der Waals surface area contributed by atoms with E-state index >= 15 is 0 Å². The Morgan fingerprint density at radius 2 is 2.19 bits per heavy atom. The number of hydrogen-bond donors (Lipinski definition) is 2. The number of rotatable bonds is 3. The molecule has 0 spiro atoms. The van der Waals surface area contributed by atoms with Crippen molar-refractivity contribution in [2.24, 2.45) is 17.9 Å². The molecule has 3 aromatic rings. The van der Waals surface area contributed by atoms with E-state index in [2.05, 4.69) is 15.2 Å². The van der Waals surface area contributed by atoms with Crippen molar-refractivity contribution in [2.75, 3.05) is 0 Å². The summed E-state index contributed by atoms with van der Waals surface area (Å²) < 4.78 is 1.73. The van der Waals surface area contributed by atoms with Gasteiger partial charge in [0, 0.05) is 24.2 Å². The van der Waals surface area contributed by atoms with E-state index in [1.165, 1.54) is 11.8 Å². The highest BCUT2D eigenvalue weighted by molar-refractivity contribution is 7.99. The summed E-state index contributed by atoms with van der Waals surface area (Å²) in [5.74, 6) is 0.0710. The van der Waals surface area contributed by atoms with E-state index in [0.717, 1.165) is 20.8 Å². The summed E-state index contributed by atoms with van der Waals surface area (Å²) in [6.07, 6.45) is 3.68. The van der Waals surface area contributed by atoms with E-state index in [1.807, 2.05) is 43.6 Å². The Hall–Kier alpha value is -2.54. The van der Waals surface area contributed by atoms with Gasteiger partial charge in [-0.05, 0) is 12.1 Å². The summed E-state index contributed by atoms with van der Waals surface area (Å²) in [7, 11) is 1.86. The molecule has 106 valence electrons. The number of benzene rings is 1. The van der Waals surface area contributed by atoms with E-state index < -0.39 is 0 Å². The highest BCUT2D eigenvalue weighted by Gasteiger charge is 2.10. The number of aryl methyl sites for hydroxylation is 1. The van der Waals surface area contributed by atoms with Gasteiger partial charge in [-0.3, -0.25) is 4.68 Å². The van der Waals surface area contributed by atoms with Crippen LogP contribution in [0.5, 0.6) is 0 Å². The van der Waals surface area contributed by atoms with Crippen molar-refractivity contribution in [1.82, 2.24) is 14.8 Å². The van der Waals surface area contributed by atoms with Crippen molar-refractivity contribution in [2.45, 2.75) is 9.92 Å². The van der Waals surface area contributed by atoms with E-state index in [0.29, 0.717) is 5.56 Å². The monoisotopic (exact) mass is 299 g/mol. The molecule has 6 nitrogen and oxygen atoms in total. The Balaban J connectivity index is 2.11. The van der Waals surface area contributed by atoms with E-state index in [9.17, 15) is 0 Å². The zero-order valence-corrected chi connectivity index (χ0v) is 12.1. The SMILES string of the molecule is Cn1cc(Sc2cc(C(N)=NO)c3ccccc3n2)cn1. The molecule has 0 atom stereocenters. The number of hydrogen-bond acceptors (Lipinski definition) is 5. The average molecular weight is 299 g/mol. The molecular formula is C14H13N5OS. The average Bonchev–Trinajstić information content (AvgIpc) is 2.90. The van der Waals surface area contributed by atoms with Crippen molar-refractivity contribution < 1.29 is 5.21 Å². The number of amidine groups is 1. The Morgan fingerprint density at radius 3 is 2.90 bits per heavy atom. The number of pyridine rings is 1. The molecule has 0 saturated carbocycles. The van der Waals surface area contributed by atoms with Gasteiger partial charge in [-0.25, -0.2) is 4.98 Å². The number of aromatic nitrogens is 3. The Labute approximate surface area is 125 Å². The normalized spacial score (nSPS) is 12.0. The molecule has 0 bridgehead atoms. The van der Waals surface area contributed by atoms with Crippen LogP contribution in [0.4, 0.5) is 0 Å². The fourth-order valence-corrected chi connectivity index (χ4v) is 2.91. The van der Waals surface area contributed by atoms with Crippen LogP contribution >= 0.6 is 11.8 Å². The Bertz CT molecular complexity index is 827.